The number of aliphatic hydroxyl groups is 1. The van der Waals surface area contributed by atoms with Crippen LogP contribution in [0.5, 0.6) is 0 Å². The van der Waals surface area contributed by atoms with Crippen molar-refractivity contribution >= 4 is 17.6 Å². The third-order valence-corrected chi connectivity index (χ3v) is 3.15. The van der Waals surface area contributed by atoms with E-state index in [-0.39, 0.29) is 0 Å². The third-order valence-electron chi connectivity index (χ3n) is 2.75. The Labute approximate surface area is 99.7 Å². The van der Waals surface area contributed by atoms with E-state index in [4.69, 9.17) is 16.7 Å². The quantitative estimate of drug-likeness (QED) is 0.857. The van der Waals surface area contributed by atoms with Crippen LogP contribution in [0, 0.1) is 12.3 Å². The molecule has 0 aliphatic carbocycles. The molecule has 0 aliphatic heterocycles. The number of aliphatic carboxylic acids is 1. The van der Waals surface area contributed by atoms with E-state index < -0.39 is 17.5 Å². The van der Waals surface area contributed by atoms with Gasteiger partial charge in [-0.05, 0) is 38.0 Å². The Morgan fingerprint density at radius 2 is 2.00 bits per heavy atom. The first-order valence-corrected chi connectivity index (χ1v) is 5.32. The number of carbonyl (C=O) groups is 1. The van der Waals surface area contributed by atoms with Gasteiger partial charge in [-0.1, -0.05) is 23.7 Å². The Balaban J connectivity index is 3.10. The molecule has 1 unspecified atom stereocenters. The van der Waals surface area contributed by atoms with E-state index in [9.17, 15) is 9.90 Å². The Morgan fingerprint density at radius 3 is 2.44 bits per heavy atom. The SMILES string of the molecule is Cc1ccc(C(O)C(C)(C)C(=O)O)cc1Cl. The van der Waals surface area contributed by atoms with Crippen LogP contribution in [0.25, 0.3) is 0 Å². The van der Waals surface area contributed by atoms with Gasteiger partial charge in [0, 0.05) is 5.02 Å². The van der Waals surface area contributed by atoms with Crippen molar-refractivity contribution in [3.8, 4) is 0 Å². The zero-order valence-electron chi connectivity index (χ0n) is 9.49. The van der Waals surface area contributed by atoms with Gasteiger partial charge in [0.2, 0.25) is 0 Å². The zero-order chi connectivity index (χ0) is 12.5. The fourth-order valence-corrected chi connectivity index (χ4v) is 1.50. The second kappa shape index (κ2) is 4.44. The molecule has 0 spiro atoms. The molecule has 0 fully saturated rings. The summed E-state index contributed by atoms with van der Waals surface area (Å²) in [5.74, 6) is -1.04. The fraction of sp³-hybridized carbons (Fsp3) is 0.417. The number of halogens is 1. The van der Waals surface area contributed by atoms with Gasteiger partial charge in [0.25, 0.3) is 0 Å². The van der Waals surface area contributed by atoms with Crippen LogP contribution in [0.15, 0.2) is 18.2 Å². The van der Waals surface area contributed by atoms with E-state index in [1.807, 2.05) is 6.92 Å². The van der Waals surface area contributed by atoms with E-state index in [0.717, 1.165) is 5.56 Å². The Hall–Kier alpha value is -1.06. The summed E-state index contributed by atoms with van der Waals surface area (Å²) in [6.45, 7) is 4.81. The summed E-state index contributed by atoms with van der Waals surface area (Å²) >= 11 is 5.93. The predicted octanol–water partition coefficient (Wildman–Crippen LogP) is 2.79. The molecule has 0 radical (unpaired) electrons. The molecule has 88 valence electrons. The zero-order valence-corrected chi connectivity index (χ0v) is 10.2. The molecule has 0 amide bonds. The van der Waals surface area contributed by atoms with E-state index in [0.29, 0.717) is 10.6 Å². The molecule has 1 aromatic carbocycles. The maximum absolute atomic E-state index is 11.0. The third kappa shape index (κ3) is 2.36. The van der Waals surface area contributed by atoms with Crippen LogP contribution in [0.2, 0.25) is 5.02 Å². The first-order valence-electron chi connectivity index (χ1n) is 4.94. The molecule has 16 heavy (non-hydrogen) atoms. The van der Waals surface area contributed by atoms with Gasteiger partial charge in [0.1, 0.15) is 0 Å². The molecule has 0 aliphatic rings. The van der Waals surface area contributed by atoms with Crippen molar-refractivity contribution in [2.75, 3.05) is 0 Å². The minimum atomic E-state index is -1.24. The van der Waals surface area contributed by atoms with Gasteiger partial charge >= 0.3 is 5.97 Å². The predicted molar refractivity (Wildman–Crippen MR) is 62.6 cm³/mol. The van der Waals surface area contributed by atoms with Gasteiger partial charge in [-0.2, -0.15) is 0 Å². The van der Waals surface area contributed by atoms with Crippen LogP contribution in [0.3, 0.4) is 0 Å². The molecular formula is C12H15ClO3. The number of carboxylic acids is 1. The monoisotopic (exact) mass is 242 g/mol. The maximum atomic E-state index is 11.0. The van der Waals surface area contributed by atoms with E-state index in [1.165, 1.54) is 13.8 Å². The van der Waals surface area contributed by atoms with Crippen molar-refractivity contribution in [3.05, 3.63) is 34.3 Å². The first kappa shape index (κ1) is 13.0. The lowest BCUT2D eigenvalue weighted by atomic mass is 9.82. The van der Waals surface area contributed by atoms with Crippen LogP contribution >= 0.6 is 11.6 Å². The van der Waals surface area contributed by atoms with Crippen LogP contribution in [-0.4, -0.2) is 16.2 Å². The molecular weight excluding hydrogens is 228 g/mol. The number of rotatable bonds is 3. The van der Waals surface area contributed by atoms with Crippen molar-refractivity contribution in [2.24, 2.45) is 5.41 Å². The average molecular weight is 243 g/mol. The summed E-state index contributed by atoms with van der Waals surface area (Å²) < 4.78 is 0. The highest BCUT2D eigenvalue weighted by Crippen LogP contribution is 2.34. The average Bonchev–Trinajstić information content (AvgIpc) is 2.20. The van der Waals surface area contributed by atoms with Crippen molar-refractivity contribution in [3.63, 3.8) is 0 Å². The number of aryl methyl sites for hydroxylation is 1. The molecule has 0 aromatic heterocycles. The summed E-state index contributed by atoms with van der Waals surface area (Å²) in [4.78, 5) is 11.0. The Kier molecular flexibility index (Phi) is 3.61. The van der Waals surface area contributed by atoms with Crippen LogP contribution in [0.4, 0.5) is 0 Å². The number of hydrogen-bond acceptors (Lipinski definition) is 2. The smallest absolute Gasteiger partial charge is 0.312 e. The van der Waals surface area contributed by atoms with Crippen molar-refractivity contribution in [1.82, 2.24) is 0 Å². The largest absolute Gasteiger partial charge is 0.481 e. The van der Waals surface area contributed by atoms with E-state index >= 15 is 0 Å². The van der Waals surface area contributed by atoms with Gasteiger partial charge in [0.15, 0.2) is 0 Å². The molecule has 1 rings (SSSR count). The number of hydrogen-bond donors (Lipinski definition) is 2. The normalized spacial score (nSPS) is 13.6. The first-order chi connectivity index (χ1) is 7.26. The maximum Gasteiger partial charge on any atom is 0.312 e. The molecule has 0 saturated carbocycles. The van der Waals surface area contributed by atoms with E-state index in [1.54, 1.807) is 18.2 Å². The highest BCUT2D eigenvalue weighted by Gasteiger charge is 2.36. The molecule has 1 aromatic rings. The van der Waals surface area contributed by atoms with Gasteiger partial charge in [0.05, 0.1) is 11.5 Å². The van der Waals surface area contributed by atoms with Gasteiger partial charge < -0.3 is 10.2 Å². The van der Waals surface area contributed by atoms with Gasteiger partial charge in [-0.25, -0.2) is 0 Å². The number of carboxylic acid groups (broad SMARTS) is 1. The molecule has 1 atom stereocenters. The Bertz CT molecular complexity index is 413. The topological polar surface area (TPSA) is 57.5 Å². The second-order valence-electron chi connectivity index (χ2n) is 4.44. The Morgan fingerprint density at radius 1 is 1.44 bits per heavy atom. The second-order valence-corrected chi connectivity index (χ2v) is 4.85. The van der Waals surface area contributed by atoms with Gasteiger partial charge in [-0.3, -0.25) is 4.79 Å². The molecule has 2 N–H and O–H groups in total. The lowest BCUT2D eigenvalue weighted by Gasteiger charge is -2.26. The van der Waals surface area contributed by atoms with Crippen molar-refractivity contribution < 1.29 is 15.0 Å². The van der Waals surface area contributed by atoms with Crippen LogP contribution < -0.4 is 0 Å². The van der Waals surface area contributed by atoms with Crippen LogP contribution in [-0.2, 0) is 4.79 Å². The van der Waals surface area contributed by atoms with Crippen LogP contribution in [0.1, 0.15) is 31.1 Å². The minimum Gasteiger partial charge on any atom is -0.481 e. The molecule has 0 bridgehead atoms. The van der Waals surface area contributed by atoms with Crippen molar-refractivity contribution in [1.29, 1.82) is 0 Å². The summed E-state index contributed by atoms with van der Waals surface area (Å²) in [5.41, 5.74) is 0.173. The molecule has 4 heteroatoms. The fourth-order valence-electron chi connectivity index (χ4n) is 1.31. The highest BCUT2D eigenvalue weighted by molar-refractivity contribution is 6.31. The van der Waals surface area contributed by atoms with Crippen molar-refractivity contribution in [2.45, 2.75) is 26.9 Å². The summed E-state index contributed by atoms with van der Waals surface area (Å²) in [5, 5.41) is 19.5. The highest BCUT2D eigenvalue weighted by atomic mass is 35.5. The van der Waals surface area contributed by atoms with Gasteiger partial charge in [-0.15, -0.1) is 0 Å². The lowest BCUT2D eigenvalue weighted by molar-refractivity contribution is -0.153. The number of aliphatic hydroxyl groups excluding tert-OH is 1. The summed E-state index contributed by atoms with van der Waals surface area (Å²) in [7, 11) is 0. The number of benzene rings is 1. The standard InChI is InChI=1S/C12H15ClO3/c1-7-4-5-8(6-9(7)13)10(14)12(2,3)11(15)16/h4-6,10,14H,1-3H3,(H,15,16). The molecule has 0 heterocycles. The summed E-state index contributed by atoms with van der Waals surface area (Å²) in [6, 6.07) is 5.06. The van der Waals surface area contributed by atoms with E-state index in [2.05, 4.69) is 0 Å². The summed E-state index contributed by atoms with van der Waals surface area (Å²) in [6.07, 6.45) is -1.08. The molecule has 3 nitrogen and oxygen atoms in total. The molecule has 0 saturated heterocycles. The lowest BCUT2D eigenvalue weighted by Crippen LogP contribution is -2.31. The minimum absolute atomic E-state index is 0.517.